The van der Waals surface area contributed by atoms with E-state index in [1.54, 1.807) is 36.8 Å². The maximum atomic E-state index is 13.0. The van der Waals surface area contributed by atoms with Gasteiger partial charge in [-0.1, -0.05) is 12.1 Å². The number of aryl methyl sites for hydroxylation is 1. The highest BCUT2D eigenvalue weighted by molar-refractivity contribution is 6.04. The van der Waals surface area contributed by atoms with Crippen molar-refractivity contribution < 1.29 is 18.0 Å². The molecule has 0 aliphatic carbocycles. The second-order valence-electron chi connectivity index (χ2n) is 8.31. The van der Waals surface area contributed by atoms with E-state index in [0.717, 1.165) is 45.6 Å². The fourth-order valence-electron chi connectivity index (χ4n) is 3.94. The number of carbonyl (C=O) groups excluding carboxylic acids is 1. The summed E-state index contributed by atoms with van der Waals surface area (Å²) in [5.41, 5.74) is 4.57. The molecule has 3 aromatic heterocycles. The van der Waals surface area contributed by atoms with Crippen LogP contribution in [0.3, 0.4) is 0 Å². The van der Waals surface area contributed by atoms with E-state index < -0.39 is 17.6 Å². The van der Waals surface area contributed by atoms with Crippen LogP contribution >= 0.6 is 0 Å². The summed E-state index contributed by atoms with van der Waals surface area (Å²) in [7, 11) is 0. The zero-order chi connectivity index (χ0) is 25.3. The molecule has 2 N–H and O–H groups in total. The van der Waals surface area contributed by atoms with Gasteiger partial charge >= 0.3 is 6.18 Å². The molecule has 1 amide bonds. The molecule has 0 saturated heterocycles. The summed E-state index contributed by atoms with van der Waals surface area (Å²) in [6, 6.07) is 15.3. The van der Waals surface area contributed by atoms with Crippen LogP contribution < -0.4 is 5.32 Å². The monoisotopic (exact) mass is 487 g/mol. The van der Waals surface area contributed by atoms with Gasteiger partial charge in [0, 0.05) is 41.8 Å². The number of nitrogens with one attached hydrogen (secondary N) is 2. The molecule has 0 atom stereocenters. The van der Waals surface area contributed by atoms with E-state index in [2.05, 4.69) is 20.3 Å². The number of aromatic amines is 1. The number of hydrogen-bond donors (Lipinski definition) is 2. The Labute approximate surface area is 204 Å². The standard InChI is InChI=1S/C27H20F3N5O/c1-16-5-6-18(26(36)33-21-4-2-3-20(15-21)27(28,29)30)13-19(16)14-23-34-22-9-12-32-25(22)24(35-23)17-7-10-31-11-8-17/h2-13,15,32H,14H2,1H3,(H,33,36). The van der Waals surface area contributed by atoms with Gasteiger partial charge in [0.25, 0.3) is 5.91 Å². The summed E-state index contributed by atoms with van der Waals surface area (Å²) in [6.45, 7) is 1.92. The molecule has 0 aliphatic rings. The smallest absolute Gasteiger partial charge is 0.358 e. The minimum atomic E-state index is -4.49. The second kappa shape index (κ2) is 9.26. The maximum absolute atomic E-state index is 13.0. The summed E-state index contributed by atoms with van der Waals surface area (Å²) < 4.78 is 39.0. The Morgan fingerprint density at radius 1 is 1.00 bits per heavy atom. The van der Waals surface area contributed by atoms with Gasteiger partial charge in [0.15, 0.2) is 0 Å². The fourth-order valence-corrected chi connectivity index (χ4v) is 3.94. The normalized spacial score (nSPS) is 11.6. The lowest BCUT2D eigenvalue weighted by Crippen LogP contribution is -2.14. The molecule has 0 radical (unpaired) electrons. The zero-order valence-corrected chi connectivity index (χ0v) is 19.1. The Morgan fingerprint density at radius 2 is 1.81 bits per heavy atom. The molecule has 6 nitrogen and oxygen atoms in total. The van der Waals surface area contributed by atoms with E-state index in [9.17, 15) is 18.0 Å². The highest BCUT2D eigenvalue weighted by Gasteiger charge is 2.30. The van der Waals surface area contributed by atoms with Crippen LogP contribution in [0, 0.1) is 6.92 Å². The predicted molar refractivity (Wildman–Crippen MR) is 131 cm³/mol. The van der Waals surface area contributed by atoms with Crippen molar-refractivity contribution in [2.45, 2.75) is 19.5 Å². The van der Waals surface area contributed by atoms with Gasteiger partial charge in [-0.25, -0.2) is 9.97 Å². The minimum absolute atomic E-state index is 0.0696. The number of halogens is 3. The summed E-state index contributed by atoms with van der Waals surface area (Å²) in [4.78, 5) is 29.5. The van der Waals surface area contributed by atoms with Gasteiger partial charge in [-0.2, -0.15) is 13.2 Å². The van der Waals surface area contributed by atoms with Gasteiger partial charge < -0.3 is 10.3 Å². The lowest BCUT2D eigenvalue weighted by Gasteiger charge is -2.12. The third kappa shape index (κ3) is 4.81. The van der Waals surface area contributed by atoms with Gasteiger partial charge in [-0.05, 0) is 66.6 Å². The number of nitrogens with zero attached hydrogens (tertiary/aromatic N) is 3. The first-order chi connectivity index (χ1) is 17.3. The van der Waals surface area contributed by atoms with Crippen molar-refractivity contribution in [3.05, 3.63) is 107 Å². The van der Waals surface area contributed by atoms with Gasteiger partial charge in [-0.15, -0.1) is 0 Å². The quantitative estimate of drug-likeness (QED) is 0.310. The van der Waals surface area contributed by atoms with Crippen molar-refractivity contribution in [1.29, 1.82) is 0 Å². The molecule has 5 rings (SSSR count). The van der Waals surface area contributed by atoms with Crippen LogP contribution in [-0.2, 0) is 12.6 Å². The average Bonchev–Trinajstić information content (AvgIpc) is 3.34. The van der Waals surface area contributed by atoms with E-state index in [4.69, 9.17) is 4.98 Å². The number of pyridine rings is 1. The lowest BCUT2D eigenvalue weighted by atomic mass is 10.0. The third-order valence-electron chi connectivity index (χ3n) is 5.81. The summed E-state index contributed by atoms with van der Waals surface area (Å²) >= 11 is 0. The van der Waals surface area contributed by atoms with Crippen LogP contribution in [0.25, 0.3) is 22.3 Å². The number of carbonyl (C=O) groups is 1. The van der Waals surface area contributed by atoms with Crippen LogP contribution in [0.15, 0.2) is 79.3 Å². The molecule has 180 valence electrons. The number of aromatic nitrogens is 4. The van der Waals surface area contributed by atoms with Crippen molar-refractivity contribution >= 4 is 22.6 Å². The maximum Gasteiger partial charge on any atom is 0.416 e. The number of fused-ring (bicyclic) bond motifs is 1. The number of benzene rings is 2. The number of amides is 1. The topological polar surface area (TPSA) is 83.6 Å². The Balaban J connectivity index is 1.43. The predicted octanol–water partition coefficient (Wildman–Crippen LogP) is 6.19. The molecule has 0 fully saturated rings. The lowest BCUT2D eigenvalue weighted by molar-refractivity contribution is -0.137. The average molecular weight is 487 g/mol. The van der Waals surface area contributed by atoms with E-state index in [0.29, 0.717) is 17.8 Å². The van der Waals surface area contributed by atoms with Gasteiger partial charge in [0.05, 0.1) is 22.3 Å². The molecular formula is C27H20F3N5O. The molecule has 0 unspecified atom stereocenters. The Kier molecular flexibility index (Phi) is 5.97. The van der Waals surface area contributed by atoms with Crippen molar-refractivity contribution in [3.8, 4) is 11.3 Å². The Hall–Kier alpha value is -4.53. The Morgan fingerprint density at radius 3 is 2.58 bits per heavy atom. The molecule has 0 bridgehead atoms. The van der Waals surface area contributed by atoms with E-state index in [-0.39, 0.29) is 5.69 Å². The van der Waals surface area contributed by atoms with Crippen molar-refractivity contribution in [2.24, 2.45) is 0 Å². The molecule has 9 heteroatoms. The van der Waals surface area contributed by atoms with Crippen molar-refractivity contribution in [3.63, 3.8) is 0 Å². The van der Waals surface area contributed by atoms with Gasteiger partial charge in [-0.3, -0.25) is 9.78 Å². The molecule has 36 heavy (non-hydrogen) atoms. The zero-order valence-electron chi connectivity index (χ0n) is 19.1. The second-order valence-corrected chi connectivity index (χ2v) is 8.31. The number of anilines is 1. The summed E-state index contributed by atoms with van der Waals surface area (Å²) in [5.74, 6) is 0.0718. The van der Waals surface area contributed by atoms with E-state index >= 15 is 0 Å². The summed E-state index contributed by atoms with van der Waals surface area (Å²) in [5, 5.41) is 2.55. The molecule has 3 heterocycles. The fraction of sp³-hybridized carbons (Fsp3) is 0.111. The molecular weight excluding hydrogens is 467 g/mol. The van der Waals surface area contributed by atoms with Crippen molar-refractivity contribution in [2.75, 3.05) is 5.32 Å². The molecule has 0 aliphatic heterocycles. The molecule has 5 aromatic rings. The van der Waals surface area contributed by atoms with E-state index in [1.165, 1.54) is 12.1 Å². The summed E-state index contributed by atoms with van der Waals surface area (Å²) in [6.07, 6.45) is 1.08. The number of hydrogen-bond acceptors (Lipinski definition) is 4. The number of H-pyrrole nitrogens is 1. The largest absolute Gasteiger partial charge is 0.416 e. The van der Waals surface area contributed by atoms with Gasteiger partial charge in [0.2, 0.25) is 0 Å². The first kappa shape index (κ1) is 23.2. The van der Waals surface area contributed by atoms with Crippen LogP contribution in [0.2, 0.25) is 0 Å². The van der Waals surface area contributed by atoms with Crippen LogP contribution in [0.5, 0.6) is 0 Å². The number of rotatable bonds is 5. The van der Waals surface area contributed by atoms with E-state index in [1.807, 2.05) is 25.1 Å². The Bertz CT molecular complexity index is 1560. The third-order valence-corrected chi connectivity index (χ3v) is 5.81. The number of alkyl halides is 3. The molecule has 0 spiro atoms. The highest BCUT2D eigenvalue weighted by Crippen LogP contribution is 2.31. The van der Waals surface area contributed by atoms with Crippen molar-refractivity contribution in [1.82, 2.24) is 19.9 Å². The molecule has 0 saturated carbocycles. The van der Waals surface area contributed by atoms with Crippen LogP contribution in [0.4, 0.5) is 18.9 Å². The SMILES string of the molecule is Cc1ccc(C(=O)Nc2cccc(C(F)(F)F)c2)cc1Cc1nc(-c2ccncc2)c2[nH]ccc2n1. The van der Waals surface area contributed by atoms with Crippen LogP contribution in [0.1, 0.15) is 32.9 Å². The highest BCUT2D eigenvalue weighted by atomic mass is 19.4. The first-order valence-corrected chi connectivity index (χ1v) is 11.1. The van der Waals surface area contributed by atoms with Crippen LogP contribution in [-0.4, -0.2) is 25.8 Å². The minimum Gasteiger partial charge on any atom is -0.358 e. The first-order valence-electron chi connectivity index (χ1n) is 11.1. The molecule has 2 aromatic carbocycles. The van der Waals surface area contributed by atoms with Gasteiger partial charge in [0.1, 0.15) is 5.82 Å².